The van der Waals surface area contributed by atoms with Gasteiger partial charge in [0.05, 0.1) is 0 Å². The molecule has 21 heavy (non-hydrogen) atoms. The number of ether oxygens (including phenoxy) is 2. The Morgan fingerprint density at radius 3 is 2.76 bits per heavy atom. The molecule has 0 aromatic heterocycles. The lowest BCUT2D eigenvalue weighted by molar-refractivity contribution is 0.174. The highest BCUT2D eigenvalue weighted by Crippen LogP contribution is 2.32. The summed E-state index contributed by atoms with van der Waals surface area (Å²) in [5.41, 5.74) is 1.19. The van der Waals surface area contributed by atoms with Crippen molar-refractivity contribution in [2.75, 3.05) is 20.9 Å². The molecular weight excluding hydrogens is 381 g/mol. The van der Waals surface area contributed by atoms with Gasteiger partial charge in [-0.25, -0.2) is 0 Å². The number of guanidine groups is 1. The minimum Gasteiger partial charge on any atom is -0.454 e. The van der Waals surface area contributed by atoms with Gasteiger partial charge in [0.25, 0.3) is 0 Å². The van der Waals surface area contributed by atoms with E-state index in [0.29, 0.717) is 12.8 Å². The van der Waals surface area contributed by atoms with Gasteiger partial charge in [0.2, 0.25) is 6.79 Å². The summed E-state index contributed by atoms with van der Waals surface area (Å²) in [6.07, 6.45) is 3.81. The van der Waals surface area contributed by atoms with Crippen molar-refractivity contribution in [3.05, 3.63) is 23.8 Å². The molecule has 0 saturated heterocycles. The molecule has 0 atom stereocenters. The fourth-order valence-corrected chi connectivity index (χ4v) is 2.47. The Balaban J connectivity index is 0.00000161. The Hall–Kier alpha value is -1.18. The molecule has 1 aromatic carbocycles. The second-order valence-corrected chi connectivity index (χ2v) is 5.36. The van der Waals surface area contributed by atoms with E-state index < -0.39 is 0 Å². The Morgan fingerprint density at radius 2 is 2.10 bits per heavy atom. The Labute approximate surface area is 142 Å². The molecule has 1 fully saturated rings. The number of fused-ring (bicyclic) bond motifs is 1. The Bertz CT molecular complexity index is 518. The summed E-state index contributed by atoms with van der Waals surface area (Å²) in [5, 5.41) is 3.50. The van der Waals surface area contributed by atoms with Crippen LogP contribution in [-0.2, 0) is 6.54 Å². The van der Waals surface area contributed by atoms with Crippen LogP contribution in [-0.4, -0.2) is 37.8 Å². The second kappa shape index (κ2) is 7.20. The van der Waals surface area contributed by atoms with E-state index in [9.17, 15) is 0 Å². The van der Waals surface area contributed by atoms with Crippen LogP contribution in [0, 0.1) is 0 Å². The molecule has 1 aliphatic heterocycles. The monoisotopic (exact) mass is 403 g/mol. The van der Waals surface area contributed by atoms with Crippen LogP contribution in [0.5, 0.6) is 11.5 Å². The number of hydrogen-bond acceptors (Lipinski definition) is 3. The molecule has 1 aliphatic carbocycles. The molecule has 3 rings (SSSR count). The smallest absolute Gasteiger partial charge is 0.231 e. The van der Waals surface area contributed by atoms with Gasteiger partial charge in [-0.15, -0.1) is 24.0 Å². The first-order chi connectivity index (χ1) is 9.76. The Morgan fingerprint density at radius 1 is 1.33 bits per heavy atom. The molecule has 6 heteroatoms. The van der Waals surface area contributed by atoms with E-state index in [2.05, 4.69) is 28.3 Å². The maximum absolute atomic E-state index is 5.41. The van der Waals surface area contributed by atoms with E-state index in [0.717, 1.165) is 24.0 Å². The van der Waals surface area contributed by atoms with Gasteiger partial charge in [-0.3, -0.25) is 4.99 Å². The third-order valence-corrected chi connectivity index (χ3v) is 3.87. The van der Waals surface area contributed by atoms with E-state index in [1.165, 1.54) is 24.8 Å². The van der Waals surface area contributed by atoms with Crippen LogP contribution in [0.1, 0.15) is 24.8 Å². The maximum atomic E-state index is 5.41. The fraction of sp³-hybridized carbons (Fsp3) is 0.533. The predicted octanol–water partition coefficient (Wildman–Crippen LogP) is 2.59. The number of rotatable bonds is 3. The summed E-state index contributed by atoms with van der Waals surface area (Å²) in [4.78, 5) is 6.49. The van der Waals surface area contributed by atoms with Crippen molar-refractivity contribution >= 4 is 29.9 Å². The van der Waals surface area contributed by atoms with Crippen LogP contribution in [0.2, 0.25) is 0 Å². The average molecular weight is 403 g/mol. The quantitative estimate of drug-likeness (QED) is 0.479. The molecule has 5 nitrogen and oxygen atoms in total. The van der Waals surface area contributed by atoms with Crippen molar-refractivity contribution in [2.45, 2.75) is 31.8 Å². The van der Waals surface area contributed by atoms with Gasteiger partial charge >= 0.3 is 0 Å². The molecule has 2 aliphatic rings. The number of aliphatic imine (C=N–C) groups is 1. The lowest BCUT2D eigenvalue weighted by atomic mass is 9.93. The van der Waals surface area contributed by atoms with Gasteiger partial charge in [0.1, 0.15) is 0 Å². The number of halogens is 1. The lowest BCUT2D eigenvalue weighted by Crippen LogP contribution is -2.46. The highest BCUT2D eigenvalue weighted by atomic mass is 127. The second-order valence-electron chi connectivity index (χ2n) is 5.36. The van der Waals surface area contributed by atoms with E-state index >= 15 is 0 Å². The first-order valence-corrected chi connectivity index (χ1v) is 7.09. The van der Waals surface area contributed by atoms with Gasteiger partial charge in [0.15, 0.2) is 17.5 Å². The summed E-state index contributed by atoms with van der Waals surface area (Å²) in [7, 11) is 3.88. The normalized spacial score (nSPS) is 17.0. The lowest BCUT2D eigenvalue weighted by Gasteiger charge is -2.31. The summed E-state index contributed by atoms with van der Waals surface area (Å²) in [6, 6.07) is 6.66. The average Bonchev–Trinajstić information content (AvgIpc) is 2.85. The van der Waals surface area contributed by atoms with E-state index in [1.54, 1.807) is 0 Å². The zero-order valence-corrected chi connectivity index (χ0v) is 14.8. The van der Waals surface area contributed by atoms with Crippen LogP contribution in [0.15, 0.2) is 23.2 Å². The van der Waals surface area contributed by atoms with Crippen LogP contribution in [0.25, 0.3) is 0 Å². The molecule has 1 heterocycles. The van der Waals surface area contributed by atoms with Crippen LogP contribution in [0.4, 0.5) is 0 Å². The van der Waals surface area contributed by atoms with Crippen molar-refractivity contribution in [1.29, 1.82) is 0 Å². The molecule has 1 saturated carbocycles. The van der Waals surface area contributed by atoms with Crippen LogP contribution in [0.3, 0.4) is 0 Å². The Kier molecular flexibility index (Phi) is 5.55. The molecule has 0 bridgehead atoms. The standard InChI is InChI=1S/C15H21N3O2.HI/c1-16-15(17-12-4-3-5-12)18(2)9-11-6-7-13-14(8-11)20-10-19-13;/h6-8,12H,3-5,9-10H2,1-2H3,(H,16,17);1H. The highest BCUT2D eigenvalue weighted by molar-refractivity contribution is 14.0. The predicted molar refractivity (Wildman–Crippen MR) is 93.6 cm³/mol. The topological polar surface area (TPSA) is 46.1 Å². The van der Waals surface area contributed by atoms with E-state index in [-0.39, 0.29) is 24.0 Å². The van der Waals surface area contributed by atoms with E-state index in [4.69, 9.17) is 9.47 Å². The van der Waals surface area contributed by atoms with Crippen molar-refractivity contribution in [3.63, 3.8) is 0 Å². The fourth-order valence-electron chi connectivity index (χ4n) is 2.47. The first kappa shape index (κ1) is 16.2. The zero-order valence-electron chi connectivity index (χ0n) is 12.5. The summed E-state index contributed by atoms with van der Waals surface area (Å²) < 4.78 is 10.7. The molecule has 0 amide bonds. The molecule has 0 radical (unpaired) electrons. The third-order valence-electron chi connectivity index (χ3n) is 3.87. The summed E-state index contributed by atoms with van der Waals surface area (Å²) >= 11 is 0. The van der Waals surface area contributed by atoms with Crippen molar-refractivity contribution in [3.8, 4) is 11.5 Å². The van der Waals surface area contributed by atoms with Crippen molar-refractivity contribution in [2.24, 2.45) is 4.99 Å². The number of benzene rings is 1. The molecule has 0 unspecified atom stereocenters. The SMILES string of the molecule is CN=C(NC1CCC1)N(C)Cc1ccc2c(c1)OCO2.I. The zero-order chi connectivity index (χ0) is 13.9. The summed E-state index contributed by atoms with van der Waals surface area (Å²) in [6.45, 7) is 1.11. The molecule has 1 N–H and O–H groups in total. The highest BCUT2D eigenvalue weighted by Gasteiger charge is 2.20. The van der Waals surface area contributed by atoms with Gasteiger partial charge < -0.3 is 19.7 Å². The van der Waals surface area contributed by atoms with Crippen LogP contribution < -0.4 is 14.8 Å². The summed E-state index contributed by atoms with van der Waals surface area (Å²) in [5.74, 6) is 2.61. The molecular formula is C15H22IN3O2. The van der Waals surface area contributed by atoms with Crippen molar-refractivity contribution in [1.82, 2.24) is 10.2 Å². The maximum Gasteiger partial charge on any atom is 0.231 e. The first-order valence-electron chi connectivity index (χ1n) is 7.09. The number of nitrogens with zero attached hydrogens (tertiary/aromatic N) is 2. The van der Waals surface area contributed by atoms with Gasteiger partial charge in [-0.2, -0.15) is 0 Å². The molecule has 116 valence electrons. The largest absolute Gasteiger partial charge is 0.454 e. The molecule has 1 aromatic rings. The van der Waals surface area contributed by atoms with E-state index in [1.807, 2.05) is 19.2 Å². The minimum atomic E-state index is 0. The van der Waals surface area contributed by atoms with Crippen LogP contribution >= 0.6 is 24.0 Å². The number of nitrogens with one attached hydrogen (secondary N) is 1. The third kappa shape index (κ3) is 3.72. The van der Waals surface area contributed by atoms with Gasteiger partial charge in [-0.05, 0) is 37.0 Å². The molecule has 0 spiro atoms. The number of hydrogen-bond donors (Lipinski definition) is 1. The van der Waals surface area contributed by atoms with Crippen molar-refractivity contribution < 1.29 is 9.47 Å². The van der Waals surface area contributed by atoms with Gasteiger partial charge in [0, 0.05) is 26.7 Å². The minimum absolute atomic E-state index is 0. The van der Waals surface area contributed by atoms with Gasteiger partial charge in [-0.1, -0.05) is 6.07 Å².